The van der Waals surface area contributed by atoms with Crippen LogP contribution in [0.5, 0.6) is 0 Å². The lowest BCUT2D eigenvalue weighted by atomic mass is 10.2. The number of anilines is 1. The third kappa shape index (κ3) is 2.69. The summed E-state index contributed by atoms with van der Waals surface area (Å²) < 4.78 is 0. The largest absolute Gasteiger partial charge is 0.370 e. The van der Waals surface area contributed by atoms with Crippen LogP contribution in [0, 0.1) is 21.4 Å². The van der Waals surface area contributed by atoms with Gasteiger partial charge >= 0.3 is 0 Å². The summed E-state index contributed by atoms with van der Waals surface area (Å²) in [4.78, 5) is 15.9. The van der Waals surface area contributed by atoms with Gasteiger partial charge in [-0.1, -0.05) is 0 Å². The maximum absolute atomic E-state index is 11.0. The van der Waals surface area contributed by atoms with Crippen LogP contribution in [-0.2, 0) is 0 Å². The Labute approximate surface area is 113 Å². The quantitative estimate of drug-likeness (QED) is 0.683. The Balaban J connectivity index is 2.54. The van der Waals surface area contributed by atoms with Crippen LogP contribution in [0.3, 0.4) is 0 Å². The van der Waals surface area contributed by atoms with Gasteiger partial charge in [0.25, 0.3) is 5.69 Å². The molecule has 0 saturated heterocycles. The standard InChI is InChI=1S/C12H10N4O2S/c1-2-14-11-6-4-9(16(17)18)12(15-11)10-5-3-8(7-13)19-10/h3-6H,2H2,1H3,(H,14,15). The molecule has 0 amide bonds. The second kappa shape index (κ2) is 5.46. The van der Waals surface area contributed by atoms with Crippen LogP contribution >= 0.6 is 11.3 Å². The molecule has 0 bridgehead atoms. The minimum atomic E-state index is -0.468. The Hall–Kier alpha value is -2.46. The minimum Gasteiger partial charge on any atom is -0.370 e. The molecule has 2 heterocycles. The number of rotatable bonds is 4. The molecule has 0 atom stereocenters. The van der Waals surface area contributed by atoms with E-state index >= 15 is 0 Å². The molecular weight excluding hydrogens is 264 g/mol. The number of aromatic nitrogens is 1. The van der Waals surface area contributed by atoms with Crippen molar-refractivity contribution in [2.45, 2.75) is 6.92 Å². The maximum atomic E-state index is 11.0. The average molecular weight is 274 g/mol. The Morgan fingerprint density at radius 2 is 2.26 bits per heavy atom. The number of hydrogen-bond donors (Lipinski definition) is 1. The van der Waals surface area contributed by atoms with Gasteiger partial charge < -0.3 is 5.32 Å². The summed E-state index contributed by atoms with van der Waals surface area (Å²) in [5.41, 5.74) is 0.225. The summed E-state index contributed by atoms with van der Waals surface area (Å²) in [6.45, 7) is 2.60. The topological polar surface area (TPSA) is 91.9 Å². The first-order valence-corrected chi connectivity index (χ1v) is 6.37. The van der Waals surface area contributed by atoms with Crippen LogP contribution in [0.15, 0.2) is 24.3 Å². The minimum absolute atomic E-state index is 0.0620. The molecule has 2 aromatic heterocycles. The van der Waals surface area contributed by atoms with Gasteiger partial charge in [-0.25, -0.2) is 4.98 Å². The third-order valence-electron chi connectivity index (χ3n) is 2.38. The van der Waals surface area contributed by atoms with Crippen molar-refractivity contribution in [2.24, 2.45) is 0 Å². The summed E-state index contributed by atoms with van der Waals surface area (Å²) in [5, 5.41) is 22.8. The average Bonchev–Trinajstić information content (AvgIpc) is 2.87. The van der Waals surface area contributed by atoms with Crippen molar-refractivity contribution >= 4 is 22.8 Å². The molecule has 0 radical (unpaired) electrons. The highest BCUT2D eigenvalue weighted by Crippen LogP contribution is 2.34. The highest BCUT2D eigenvalue weighted by molar-refractivity contribution is 7.16. The summed E-state index contributed by atoms with van der Waals surface area (Å²) in [7, 11) is 0. The van der Waals surface area contributed by atoms with Crippen molar-refractivity contribution in [1.82, 2.24) is 4.98 Å². The van der Waals surface area contributed by atoms with Crippen molar-refractivity contribution < 1.29 is 4.92 Å². The monoisotopic (exact) mass is 274 g/mol. The fourth-order valence-electron chi connectivity index (χ4n) is 1.59. The van der Waals surface area contributed by atoms with E-state index in [1.165, 1.54) is 17.4 Å². The van der Waals surface area contributed by atoms with Gasteiger partial charge in [0, 0.05) is 12.6 Å². The van der Waals surface area contributed by atoms with Gasteiger partial charge in [-0.05, 0) is 25.1 Å². The predicted molar refractivity (Wildman–Crippen MR) is 73.1 cm³/mol. The molecule has 0 aliphatic carbocycles. The fourth-order valence-corrected chi connectivity index (χ4v) is 2.39. The first kappa shape index (κ1) is 13.0. The van der Waals surface area contributed by atoms with E-state index < -0.39 is 4.92 Å². The molecule has 2 rings (SSSR count). The van der Waals surface area contributed by atoms with Crippen molar-refractivity contribution in [3.63, 3.8) is 0 Å². The van der Waals surface area contributed by atoms with Crippen LogP contribution in [0.1, 0.15) is 11.8 Å². The molecule has 0 spiro atoms. The summed E-state index contributed by atoms with van der Waals surface area (Å²) in [6.07, 6.45) is 0. The molecular formula is C12H10N4O2S. The number of nitrogens with one attached hydrogen (secondary N) is 1. The zero-order valence-corrected chi connectivity index (χ0v) is 10.9. The number of thiophene rings is 1. The van der Waals surface area contributed by atoms with Crippen LogP contribution in [0.4, 0.5) is 11.5 Å². The Morgan fingerprint density at radius 3 is 2.84 bits per heavy atom. The highest BCUT2D eigenvalue weighted by Gasteiger charge is 2.19. The van der Waals surface area contributed by atoms with E-state index in [1.807, 2.05) is 13.0 Å². The van der Waals surface area contributed by atoms with Crippen molar-refractivity contribution in [3.8, 4) is 16.6 Å². The molecule has 1 N–H and O–H groups in total. The molecule has 6 nitrogen and oxygen atoms in total. The first-order valence-electron chi connectivity index (χ1n) is 5.55. The molecule has 2 aromatic rings. The van der Waals surface area contributed by atoms with Crippen molar-refractivity contribution in [3.05, 3.63) is 39.3 Å². The van der Waals surface area contributed by atoms with Gasteiger partial charge in [-0.3, -0.25) is 10.1 Å². The van der Waals surface area contributed by atoms with Crippen LogP contribution in [0.2, 0.25) is 0 Å². The van der Waals surface area contributed by atoms with Gasteiger partial charge in [0.2, 0.25) is 0 Å². The molecule has 0 aromatic carbocycles. The van der Waals surface area contributed by atoms with Crippen LogP contribution in [0.25, 0.3) is 10.6 Å². The van der Waals surface area contributed by atoms with Gasteiger partial charge in [-0.15, -0.1) is 11.3 Å². The number of hydrogen-bond acceptors (Lipinski definition) is 6. The van der Waals surface area contributed by atoms with Crippen LogP contribution in [-0.4, -0.2) is 16.5 Å². The second-order valence-electron chi connectivity index (χ2n) is 3.63. The molecule has 0 unspecified atom stereocenters. The molecule has 96 valence electrons. The van der Waals surface area contributed by atoms with Crippen molar-refractivity contribution in [2.75, 3.05) is 11.9 Å². The van der Waals surface area contributed by atoms with E-state index in [0.29, 0.717) is 22.1 Å². The number of nitrogens with zero attached hydrogens (tertiary/aromatic N) is 3. The maximum Gasteiger partial charge on any atom is 0.296 e. The lowest BCUT2D eigenvalue weighted by molar-refractivity contribution is -0.384. The molecule has 0 aliphatic rings. The SMILES string of the molecule is CCNc1ccc([N+](=O)[O-])c(-c2ccc(C#N)s2)n1. The fraction of sp³-hybridized carbons (Fsp3) is 0.167. The molecule has 0 saturated carbocycles. The van der Waals surface area contributed by atoms with Gasteiger partial charge in [0.15, 0.2) is 5.69 Å². The highest BCUT2D eigenvalue weighted by atomic mass is 32.1. The predicted octanol–water partition coefficient (Wildman–Crippen LogP) is 3.02. The molecule has 7 heteroatoms. The number of nitro groups is 1. The van der Waals surface area contributed by atoms with Crippen molar-refractivity contribution in [1.29, 1.82) is 5.26 Å². The van der Waals surface area contributed by atoms with E-state index in [0.717, 1.165) is 0 Å². The smallest absolute Gasteiger partial charge is 0.296 e. The molecule has 19 heavy (non-hydrogen) atoms. The van der Waals surface area contributed by atoms with E-state index in [-0.39, 0.29) is 11.4 Å². The first-order chi connectivity index (χ1) is 9.15. The van der Waals surface area contributed by atoms with Gasteiger partial charge in [0.05, 0.1) is 9.80 Å². The zero-order chi connectivity index (χ0) is 13.8. The summed E-state index contributed by atoms with van der Waals surface area (Å²) in [5.74, 6) is 0.579. The van der Waals surface area contributed by atoms with E-state index in [2.05, 4.69) is 10.3 Å². The summed E-state index contributed by atoms with van der Waals surface area (Å²) >= 11 is 1.19. The zero-order valence-electron chi connectivity index (χ0n) is 10.1. The van der Waals surface area contributed by atoms with E-state index in [4.69, 9.17) is 5.26 Å². The molecule has 0 fully saturated rings. The Morgan fingerprint density at radius 1 is 1.47 bits per heavy atom. The normalized spacial score (nSPS) is 9.89. The van der Waals surface area contributed by atoms with Gasteiger partial charge in [0.1, 0.15) is 16.8 Å². The second-order valence-corrected chi connectivity index (χ2v) is 4.71. The van der Waals surface area contributed by atoms with E-state index in [9.17, 15) is 10.1 Å². The lowest BCUT2D eigenvalue weighted by Crippen LogP contribution is -2.01. The van der Waals surface area contributed by atoms with Gasteiger partial charge in [-0.2, -0.15) is 5.26 Å². The summed E-state index contributed by atoms with van der Waals surface area (Å²) in [6, 6.07) is 8.31. The lowest BCUT2D eigenvalue weighted by Gasteiger charge is -2.05. The van der Waals surface area contributed by atoms with E-state index in [1.54, 1.807) is 18.2 Å². The Kier molecular flexibility index (Phi) is 3.73. The number of nitriles is 1. The number of pyridine rings is 1. The van der Waals surface area contributed by atoms with Crippen LogP contribution < -0.4 is 5.32 Å². The Bertz CT molecular complexity index is 660. The third-order valence-corrected chi connectivity index (χ3v) is 3.37. The molecule has 0 aliphatic heterocycles.